The highest BCUT2D eigenvalue weighted by Gasteiger charge is 2.19. The van der Waals surface area contributed by atoms with Crippen LogP contribution in [0.5, 0.6) is 11.5 Å². The summed E-state index contributed by atoms with van der Waals surface area (Å²) in [7, 11) is -3.83. The van der Waals surface area contributed by atoms with Crippen LogP contribution in [0.25, 0.3) is 0 Å². The van der Waals surface area contributed by atoms with E-state index in [2.05, 4.69) is 10.0 Å². The third-order valence-corrected chi connectivity index (χ3v) is 6.68. The van der Waals surface area contributed by atoms with Gasteiger partial charge in [-0.2, -0.15) is 0 Å². The van der Waals surface area contributed by atoms with E-state index in [9.17, 15) is 13.2 Å². The molecule has 3 aromatic rings. The summed E-state index contributed by atoms with van der Waals surface area (Å²) in [5, 5.41) is 3.48. The zero-order chi connectivity index (χ0) is 22.7. The summed E-state index contributed by atoms with van der Waals surface area (Å²) in [6, 6.07) is 18.0. The highest BCUT2D eigenvalue weighted by molar-refractivity contribution is 7.89. The monoisotopic (exact) mass is 472 g/mol. The van der Waals surface area contributed by atoms with Crippen LogP contribution in [0.1, 0.15) is 34.5 Å². The van der Waals surface area contributed by atoms with Crippen LogP contribution in [0.15, 0.2) is 71.6 Å². The number of nitrogens with one attached hydrogen (secondary N) is 2. The molecule has 1 heterocycles. The molecule has 166 valence electrons. The summed E-state index contributed by atoms with van der Waals surface area (Å²) < 4.78 is 38.7. The number of fused-ring (bicyclic) bond motifs is 1. The summed E-state index contributed by atoms with van der Waals surface area (Å²) in [5.74, 6) is 0.832. The zero-order valence-corrected chi connectivity index (χ0v) is 18.7. The van der Waals surface area contributed by atoms with Crippen molar-refractivity contribution in [3.63, 3.8) is 0 Å². The molecule has 0 spiro atoms. The predicted molar refractivity (Wildman–Crippen MR) is 120 cm³/mol. The summed E-state index contributed by atoms with van der Waals surface area (Å²) >= 11 is 5.91. The molecule has 32 heavy (non-hydrogen) atoms. The molecule has 3 aromatic carbocycles. The standard InChI is InChI=1S/C23H21ClN2O5S/c1-15(17-6-8-19(24)9-7-17)26-23(27)18-3-2-4-20(12-18)32(28,29)25-13-16-5-10-21-22(11-16)31-14-30-21/h2-12,15,25H,13-14H2,1H3,(H,26,27)/t15-/m0/s1. The number of carbonyl (C=O) groups excluding carboxylic acids is 1. The van der Waals surface area contributed by atoms with Gasteiger partial charge in [0.2, 0.25) is 16.8 Å². The van der Waals surface area contributed by atoms with Gasteiger partial charge in [-0.15, -0.1) is 0 Å². The average molecular weight is 473 g/mol. The number of hydrogen-bond acceptors (Lipinski definition) is 5. The van der Waals surface area contributed by atoms with E-state index in [1.165, 1.54) is 18.2 Å². The van der Waals surface area contributed by atoms with Crippen LogP contribution >= 0.6 is 11.6 Å². The average Bonchev–Trinajstić information content (AvgIpc) is 3.26. The van der Waals surface area contributed by atoms with Crippen LogP contribution in [0, 0.1) is 0 Å². The van der Waals surface area contributed by atoms with Crippen molar-refractivity contribution in [3.05, 3.63) is 88.4 Å². The molecule has 1 amide bonds. The maximum absolute atomic E-state index is 12.8. The van der Waals surface area contributed by atoms with Crippen LogP contribution in [0.3, 0.4) is 0 Å². The molecule has 4 rings (SSSR count). The SMILES string of the molecule is C[C@H](NC(=O)c1cccc(S(=O)(=O)NCc2ccc3c(c2)OCO3)c1)c1ccc(Cl)cc1. The van der Waals surface area contributed by atoms with Crippen LogP contribution in [-0.2, 0) is 16.6 Å². The number of rotatable bonds is 7. The van der Waals surface area contributed by atoms with Gasteiger partial charge in [-0.25, -0.2) is 13.1 Å². The molecule has 0 unspecified atom stereocenters. The van der Waals surface area contributed by atoms with Gasteiger partial charge in [0.15, 0.2) is 11.5 Å². The van der Waals surface area contributed by atoms with E-state index in [-0.39, 0.29) is 35.7 Å². The van der Waals surface area contributed by atoms with Gasteiger partial charge in [-0.05, 0) is 60.5 Å². The van der Waals surface area contributed by atoms with Crippen LogP contribution in [0.4, 0.5) is 0 Å². The smallest absolute Gasteiger partial charge is 0.251 e. The Morgan fingerprint density at radius 2 is 1.78 bits per heavy atom. The second kappa shape index (κ2) is 9.20. The molecule has 0 saturated carbocycles. The molecular formula is C23H21ClN2O5S. The van der Waals surface area contributed by atoms with Gasteiger partial charge in [0.05, 0.1) is 10.9 Å². The molecule has 1 aliphatic heterocycles. The lowest BCUT2D eigenvalue weighted by atomic mass is 10.1. The van der Waals surface area contributed by atoms with E-state index in [0.29, 0.717) is 16.5 Å². The van der Waals surface area contributed by atoms with E-state index in [1.807, 2.05) is 19.1 Å². The first-order valence-electron chi connectivity index (χ1n) is 9.86. The van der Waals surface area contributed by atoms with Crippen molar-refractivity contribution < 1.29 is 22.7 Å². The zero-order valence-electron chi connectivity index (χ0n) is 17.2. The minimum atomic E-state index is -3.83. The third kappa shape index (κ3) is 5.04. The van der Waals surface area contributed by atoms with Crippen LogP contribution in [0.2, 0.25) is 5.02 Å². The molecule has 0 fully saturated rings. The van der Waals surface area contributed by atoms with Gasteiger partial charge < -0.3 is 14.8 Å². The number of amides is 1. The normalized spacial score (nSPS) is 13.6. The number of benzene rings is 3. The topological polar surface area (TPSA) is 93.7 Å². The Balaban J connectivity index is 1.43. The number of ether oxygens (including phenoxy) is 2. The number of halogens is 1. The fraction of sp³-hybridized carbons (Fsp3) is 0.174. The first-order chi connectivity index (χ1) is 15.3. The molecule has 0 bridgehead atoms. The van der Waals surface area contributed by atoms with E-state index < -0.39 is 10.0 Å². The van der Waals surface area contributed by atoms with Crippen molar-refractivity contribution in [2.24, 2.45) is 0 Å². The molecule has 1 atom stereocenters. The fourth-order valence-electron chi connectivity index (χ4n) is 3.23. The minimum absolute atomic E-state index is 0.00467. The number of hydrogen-bond donors (Lipinski definition) is 2. The minimum Gasteiger partial charge on any atom is -0.454 e. The number of sulfonamides is 1. The van der Waals surface area contributed by atoms with Gasteiger partial charge in [-0.3, -0.25) is 4.79 Å². The fourth-order valence-corrected chi connectivity index (χ4v) is 4.42. The summed E-state index contributed by atoms with van der Waals surface area (Å²) in [6.45, 7) is 2.06. The Morgan fingerprint density at radius 3 is 2.56 bits per heavy atom. The summed E-state index contributed by atoms with van der Waals surface area (Å²) in [6.07, 6.45) is 0. The molecule has 0 saturated heterocycles. The van der Waals surface area contributed by atoms with E-state index in [4.69, 9.17) is 21.1 Å². The molecule has 2 N–H and O–H groups in total. The van der Waals surface area contributed by atoms with Crippen LogP contribution in [-0.4, -0.2) is 21.1 Å². The lowest BCUT2D eigenvalue weighted by Crippen LogP contribution is -2.27. The molecule has 1 aliphatic rings. The Bertz CT molecular complexity index is 1250. The Morgan fingerprint density at radius 1 is 1.03 bits per heavy atom. The van der Waals surface area contributed by atoms with Crippen molar-refractivity contribution >= 4 is 27.5 Å². The molecule has 0 aromatic heterocycles. The maximum Gasteiger partial charge on any atom is 0.251 e. The van der Waals surface area contributed by atoms with Crippen molar-refractivity contribution in [2.75, 3.05) is 6.79 Å². The maximum atomic E-state index is 12.8. The lowest BCUT2D eigenvalue weighted by Gasteiger charge is -2.15. The van der Waals surface area contributed by atoms with Gasteiger partial charge in [0.25, 0.3) is 5.91 Å². The first kappa shape index (κ1) is 22.1. The Labute approximate surface area is 191 Å². The van der Waals surface area contributed by atoms with Crippen LogP contribution < -0.4 is 19.5 Å². The molecule has 0 radical (unpaired) electrons. The van der Waals surface area contributed by atoms with E-state index in [1.54, 1.807) is 36.4 Å². The summed E-state index contributed by atoms with van der Waals surface area (Å²) in [4.78, 5) is 12.7. The molecule has 7 nitrogen and oxygen atoms in total. The molecular weight excluding hydrogens is 452 g/mol. The van der Waals surface area contributed by atoms with Gasteiger partial charge >= 0.3 is 0 Å². The van der Waals surface area contributed by atoms with Crippen molar-refractivity contribution in [1.82, 2.24) is 10.0 Å². The second-order valence-electron chi connectivity index (χ2n) is 7.29. The van der Waals surface area contributed by atoms with Gasteiger partial charge in [0, 0.05) is 17.1 Å². The van der Waals surface area contributed by atoms with E-state index in [0.717, 1.165) is 11.1 Å². The summed E-state index contributed by atoms with van der Waals surface area (Å²) in [5.41, 5.74) is 1.86. The van der Waals surface area contributed by atoms with Gasteiger partial charge in [-0.1, -0.05) is 35.9 Å². The quantitative estimate of drug-likeness (QED) is 0.541. The van der Waals surface area contributed by atoms with Crippen molar-refractivity contribution in [2.45, 2.75) is 24.4 Å². The van der Waals surface area contributed by atoms with E-state index >= 15 is 0 Å². The Kier molecular flexibility index (Phi) is 6.36. The predicted octanol–water partition coefficient (Wildman–Crippen LogP) is 4.04. The highest BCUT2D eigenvalue weighted by atomic mass is 35.5. The third-order valence-electron chi connectivity index (χ3n) is 5.03. The van der Waals surface area contributed by atoms with Gasteiger partial charge in [0.1, 0.15) is 0 Å². The highest BCUT2D eigenvalue weighted by Crippen LogP contribution is 2.32. The molecule has 0 aliphatic carbocycles. The Hall–Kier alpha value is -3.07. The molecule has 9 heteroatoms. The lowest BCUT2D eigenvalue weighted by molar-refractivity contribution is 0.0939. The largest absolute Gasteiger partial charge is 0.454 e. The van der Waals surface area contributed by atoms with Crippen molar-refractivity contribution in [3.8, 4) is 11.5 Å². The number of carbonyl (C=O) groups is 1. The van der Waals surface area contributed by atoms with Crippen molar-refractivity contribution in [1.29, 1.82) is 0 Å². The second-order valence-corrected chi connectivity index (χ2v) is 9.49. The first-order valence-corrected chi connectivity index (χ1v) is 11.7.